The number of hydrogen-bond acceptors (Lipinski definition) is 3. The van der Waals surface area contributed by atoms with Crippen molar-refractivity contribution >= 4 is 28.2 Å². The summed E-state index contributed by atoms with van der Waals surface area (Å²) >= 11 is 6.65. The van der Waals surface area contributed by atoms with Gasteiger partial charge < -0.3 is 0 Å². The second kappa shape index (κ2) is 4.25. The van der Waals surface area contributed by atoms with E-state index in [0.29, 0.717) is 5.37 Å². The first-order chi connectivity index (χ1) is 4.04. The highest BCUT2D eigenvalue weighted by Crippen LogP contribution is 2.13. The van der Waals surface area contributed by atoms with E-state index in [2.05, 4.69) is 25.9 Å². The minimum Gasteiger partial charge on any atom is -0.298 e. The second-order valence-electron chi connectivity index (χ2n) is 2.17. The molecular weight excluding hydrogens is 150 g/mol. The molecule has 0 saturated carbocycles. The van der Waals surface area contributed by atoms with Crippen LogP contribution in [-0.2, 0) is 0 Å². The minimum atomic E-state index is 0.502. The SMILES string of the molecule is CC(=S)SC(C)N(C)C. The fourth-order valence-electron chi connectivity index (χ4n) is 0.346. The van der Waals surface area contributed by atoms with Crippen LogP contribution in [0.3, 0.4) is 0 Å². The van der Waals surface area contributed by atoms with Crippen molar-refractivity contribution in [2.45, 2.75) is 19.2 Å². The van der Waals surface area contributed by atoms with Crippen LogP contribution < -0.4 is 0 Å². The van der Waals surface area contributed by atoms with Gasteiger partial charge in [-0.1, -0.05) is 12.2 Å². The zero-order valence-electron chi connectivity index (χ0n) is 6.34. The summed E-state index contributed by atoms with van der Waals surface area (Å²) in [6.45, 7) is 4.10. The third kappa shape index (κ3) is 4.88. The van der Waals surface area contributed by atoms with Gasteiger partial charge in [0.15, 0.2) is 0 Å². The Labute approximate surface area is 66.8 Å². The van der Waals surface area contributed by atoms with E-state index in [-0.39, 0.29) is 0 Å². The molecule has 0 spiro atoms. The Morgan fingerprint density at radius 1 is 1.56 bits per heavy atom. The van der Waals surface area contributed by atoms with Crippen molar-refractivity contribution in [3.8, 4) is 0 Å². The third-order valence-corrected chi connectivity index (χ3v) is 2.45. The summed E-state index contributed by atoms with van der Waals surface area (Å²) in [5.41, 5.74) is 0. The van der Waals surface area contributed by atoms with E-state index in [1.165, 1.54) is 0 Å². The van der Waals surface area contributed by atoms with Crippen molar-refractivity contribution in [2.75, 3.05) is 14.1 Å². The molecule has 0 aromatic rings. The van der Waals surface area contributed by atoms with Gasteiger partial charge in [-0.2, -0.15) is 0 Å². The quantitative estimate of drug-likeness (QED) is 0.452. The van der Waals surface area contributed by atoms with Gasteiger partial charge >= 0.3 is 0 Å². The smallest absolute Gasteiger partial charge is 0.0575 e. The molecule has 0 amide bonds. The van der Waals surface area contributed by atoms with Gasteiger partial charge in [0, 0.05) is 4.20 Å². The molecule has 0 aliphatic carbocycles. The van der Waals surface area contributed by atoms with Crippen molar-refractivity contribution in [1.29, 1.82) is 0 Å². The van der Waals surface area contributed by atoms with Crippen LogP contribution >= 0.6 is 24.0 Å². The van der Waals surface area contributed by atoms with E-state index >= 15 is 0 Å². The number of thiocarbonyl (C=S) groups is 1. The van der Waals surface area contributed by atoms with Gasteiger partial charge in [0.1, 0.15) is 0 Å². The molecule has 9 heavy (non-hydrogen) atoms. The van der Waals surface area contributed by atoms with Crippen LogP contribution in [0.2, 0.25) is 0 Å². The maximum Gasteiger partial charge on any atom is 0.0575 e. The molecule has 0 aliphatic heterocycles. The van der Waals surface area contributed by atoms with Gasteiger partial charge in [-0.15, -0.1) is 11.8 Å². The van der Waals surface area contributed by atoms with Gasteiger partial charge in [0.2, 0.25) is 0 Å². The molecule has 0 rings (SSSR count). The summed E-state index contributed by atoms with van der Waals surface area (Å²) in [6, 6.07) is 0. The Kier molecular flexibility index (Phi) is 4.44. The van der Waals surface area contributed by atoms with E-state index in [9.17, 15) is 0 Å². The van der Waals surface area contributed by atoms with E-state index in [1.54, 1.807) is 11.8 Å². The van der Waals surface area contributed by atoms with E-state index in [4.69, 9.17) is 12.2 Å². The summed E-state index contributed by atoms with van der Waals surface area (Å²) in [6.07, 6.45) is 0. The normalized spacial score (nSPS) is 13.9. The first-order valence-electron chi connectivity index (χ1n) is 2.87. The predicted molar refractivity (Wildman–Crippen MR) is 49.0 cm³/mol. The minimum absolute atomic E-state index is 0.502. The maximum atomic E-state index is 4.93. The van der Waals surface area contributed by atoms with Crippen LogP contribution in [-0.4, -0.2) is 28.6 Å². The van der Waals surface area contributed by atoms with Crippen molar-refractivity contribution in [3.05, 3.63) is 0 Å². The molecule has 0 radical (unpaired) electrons. The van der Waals surface area contributed by atoms with Crippen LogP contribution in [0.1, 0.15) is 13.8 Å². The summed E-state index contributed by atoms with van der Waals surface area (Å²) in [5.74, 6) is 0. The van der Waals surface area contributed by atoms with Gasteiger partial charge in [-0.3, -0.25) is 4.90 Å². The number of rotatable bonds is 2. The topological polar surface area (TPSA) is 3.24 Å². The van der Waals surface area contributed by atoms with E-state index < -0.39 is 0 Å². The molecule has 1 unspecified atom stereocenters. The number of nitrogens with zero attached hydrogens (tertiary/aromatic N) is 1. The fourth-order valence-corrected chi connectivity index (χ4v) is 1.45. The molecule has 0 fully saturated rings. The van der Waals surface area contributed by atoms with Crippen LogP contribution in [0.4, 0.5) is 0 Å². The summed E-state index contributed by atoms with van der Waals surface area (Å²) < 4.78 is 1.01. The van der Waals surface area contributed by atoms with Crippen molar-refractivity contribution in [1.82, 2.24) is 4.90 Å². The molecule has 0 bridgehead atoms. The fraction of sp³-hybridized carbons (Fsp3) is 0.833. The van der Waals surface area contributed by atoms with Crippen LogP contribution in [0.25, 0.3) is 0 Å². The highest BCUT2D eigenvalue weighted by atomic mass is 32.2. The molecule has 3 heteroatoms. The first-order valence-corrected chi connectivity index (χ1v) is 4.16. The van der Waals surface area contributed by atoms with Crippen molar-refractivity contribution in [3.63, 3.8) is 0 Å². The Morgan fingerprint density at radius 3 is 2.11 bits per heavy atom. The average Bonchev–Trinajstić information content (AvgIpc) is 1.63. The van der Waals surface area contributed by atoms with Crippen LogP contribution in [0.5, 0.6) is 0 Å². The summed E-state index contributed by atoms with van der Waals surface area (Å²) in [7, 11) is 4.10. The van der Waals surface area contributed by atoms with E-state index in [0.717, 1.165) is 4.20 Å². The molecular formula is C6H13NS2. The predicted octanol–water partition coefficient (Wildman–Crippen LogP) is 1.97. The highest BCUT2D eigenvalue weighted by molar-refractivity contribution is 8.23. The Balaban J connectivity index is 3.50. The van der Waals surface area contributed by atoms with Gasteiger partial charge in [0.25, 0.3) is 0 Å². The second-order valence-corrected chi connectivity index (χ2v) is 4.57. The Morgan fingerprint density at radius 2 is 2.00 bits per heavy atom. The highest BCUT2D eigenvalue weighted by Gasteiger charge is 2.03. The lowest BCUT2D eigenvalue weighted by atomic mass is 10.7. The molecule has 0 aromatic carbocycles. The molecule has 0 saturated heterocycles. The maximum absolute atomic E-state index is 4.93. The van der Waals surface area contributed by atoms with E-state index in [1.807, 2.05) is 6.92 Å². The van der Waals surface area contributed by atoms with Crippen molar-refractivity contribution in [2.24, 2.45) is 0 Å². The molecule has 0 N–H and O–H groups in total. The molecule has 0 aromatic heterocycles. The monoisotopic (exact) mass is 163 g/mol. The first kappa shape index (κ1) is 9.40. The Hall–Kier alpha value is 0.400. The lowest BCUT2D eigenvalue weighted by Gasteiger charge is -2.17. The standard InChI is InChI=1S/C6H13NS2/c1-5(7(3)4)9-6(2)8/h5H,1-4H3. The van der Waals surface area contributed by atoms with Crippen molar-refractivity contribution < 1.29 is 0 Å². The molecule has 0 aliphatic rings. The summed E-state index contributed by atoms with van der Waals surface area (Å²) in [5, 5.41) is 0.502. The number of hydrogen-bond donors (Lipinski definition) is 0. The number of thioether (sulfide) groups is 1. The molecule has 54 valence electrons. The van der Waals surface area contributed by atoms with Gasteiger partial charge in [-0.25, -0.2) is 0 Å². The lowest BCUT2D eigenvalue weighted by Crippen LogP contribution is -2.21. The third-order valence-electron chi connectivity index (χ3n) is 1.06. The molecule has 0 heterocycles. The lowest BCUT2D eigenvalue weighted by molar-refractivity contribution is 0.403. The molecule has 1 nitrogen and oxygen atoms in total. The van der Waals surface area contributed by atoms with Crippen LogP contribution in [0.15, 0.2) is 0 Å². The van der Waals surface area contributed by atoms with Crippen LogP contribution in [0, 0.1) is 0 Å². The van der Waals surface area contributed by atoms with Gasteiger partial charge in [-0.05, 0) is 27.9 Å². The average molecular weight is 163 g/mol. The largest absolute Gasteiger partial charge is 0.298 e. The zero-order chi connectivity index (χ0) is 7.44. The Bertz CT molecular complexity index is 101. The zero-order valence-corrected chi connectivity index (χ0v) is 7.97. The molecule has 1 atom stereocenters. The summed E-state index contributed by atoms with van der Waals surface area (Å²) in [4.78, 5) is 2.14. The van der Waals surface area contributed by atoms with Gasteiger partial charge in [0.05, 0.1) is 5.37 Å².